The topological polar surface area (TPSA) is 271 Å². The van der Waals surface area contributed by atoms with Crippen LogP contribution in [0.15, 0.2) is 85.5 Å². The van der Waals surface area contributed by atoms with Crippen molar-refractivity contribution >= 4 is 53.3 Å². The van der Waals surface area contributed by atoms with Crippen molar-refractivity contribution in [2.24, 2.45) is 0 Å². The molecule has 0 aliphatic carbocycles. The Hall–Kier alpha value is -8.25. The number of carbonyl (C=O) groups is 9. The molecule has 3 aliphatic rings. The van der Waals surface area contributed by atoms with E-state index in [4.69, 9.17) is 14.2 Å². The molecule has 8 atom stereocenters. The van der Waals surface area contributed by atoms with Crippen molar-refractivity contribution < 1.29 is 66.1 Å². The largest absolute Gasteiger partial charge is 0.444 e. The molecular formula is C70H94F2N10O12. The van der Waals surface area contributed by atoms with E-state index >= 15 is 0 Å². The molecule has 2 aromatic carbocycles. The van der Waals surface area contributed by atoms with Gasteiger partial charge in [0, 0.05) is 87.2 Å². The monoisotopic (exact) mass is 1300 g/mol. The van der Waals surface area contributed by atoms with Crippen molar-refractivity contribution in [3.63, 3.8) is 0 Å². The molecule has 4 N–H and O–H groups in total. The summed E-state index contributed by atoms with van der Waals surface area (Å²) in [5, 5.41) is 12.3. The number of unbranched alkanes of at least 4 members (excludes halogenated alkanes) is 4. The van der Waals surface area contributed by atoms with E-state index < -0.39 is 83.1 Å². The van der Waals surface area contributed by atoms with Gasteiger partial charge in [0.05, 0.1) is 18.2 Å². The van der Waals surface area contributed by atoms with Crippen LogP contribution in [0.4, 0.5) is 18.4 Å². The fourth-order valence-corrected chi connectivity index (χ4v) is 11.5. The molecule has 2 aromatic heterocycles. The Morgan fingerprint density at radius 3 is 1.46 bits per heavy atom. The number of pyridine rings is 2. The molecule has 4 aromatic rings. The first-order valence-corrected chi connectivity index (χ1v) is 32.9. The molecule has 22 nitrogen and oxygen atoms in total. The molecule has 3 saturated heterocycles. The van der Waals surface area contributed by atoms with Crippen LogP contribution in [-0.4, -0.2) is 171 Å². The van der Waals surface area contributed by atoms with E-state index in [0.717, 1.165) is 19.3 Å². The molecule has 3 aliphatic heterocycles. The van der Waals surface area contributed by atoms with Crippen molar-refractivity contribution in [3.8, 4) is 0 Å². The van der Waals surface area contributed by atoms with Gasteiger partial charge in [-0.05, 0) is 211 Å². The Morgan fingerprint density at radius 2 is 1.02 bits per heavy atom. The van der Waals surface area contributed by atoms with E-state index in [1.807, 2.05) is 0 Å². The average molecular weight is 1310 g/mol. The first kappa shape index (κ1) is 73.2. The molecule has 0 spiro atoms. The predicted octanol–water partition coefficient (Wildman–Crippen LogP) is 9.45. The van der Waals surface area contributed by atoms with Crippen LogP contribution < -0.4 is 21.3 Å². The van der Waals surface area contributed by atoms with Gasteiger partial charge in [-0.15, -0.1) is 0 Å². The lowest BCUT2D eigenvalue weighted by Crippen LogP contribution is -2.54. The summed E-state index contributed by atoms with van der Waals surface area (Å²) in [7, 11) is 2.93. The quantitative estimate of drug-likeness (QED) is 0.0208. The smallest absolute Gasteiger partial charge is 0.410 e. The Bertz CT molecular complexity index is 3290. The van der Waals surface area contributed by atoms with Gasteiger partial charge in [-0.1, -0.05) is 12.8 Å². The number of rotatable bonds is 31. The molecule has 0 bridgehead atoms. The van der Waals surface area contributed by atoms with Gasteiger partial charge >= 0.3 is 12.2 Å². The number of likely N-dealkylation sites (N-methyl/N-ethyl adjacent to an activating group) is 2. The van der Waals surface area contributed by atoms with E-state index in [0.29, 0.717) is 125 Å². The van der Waals surface area contributed by atoms with Crippen LogP contribution in [0.2, 0.25) is 0 Å². The van der Waals surface area contributed by atoms with E-state index in [9.17, 15) is 51.9 Å². The molecule has 7 amide bonds. The van der Waals surface area contributed by atoms with Gasteiger partial charge in [0.25, 0.3) is 0 Å². The van der Waals surface area contributed by atoms with Crippen LogP contribution in [0.25, 0.3) is 0 Å². The van der Waals surface area contributed by atoms with Gasteiger partial charge in [0.15, 0.2) is 11.6 Å². The predicted molar refractivity (Wildman–Crippen MR) is 347 cm³/mol. The SMILES string of the molecule is CC(C(=O)NC(CCCCNC(=O)CCCCCC1OC1NCCCCC(NC(=O)C(C)N(C)C(=O)OC(C)(C)C)C(=O)N1CCCC1c1cncc(C(=O)c2ccc(F)cc2)c1)C(=O)N1CCCC1c1cncc(C(=O)c2ccc(F)cc2)c1)N(C)C(=O)OC(C)(C)C. The summed E-state index contributed by atoms with van der Waals surface area (Å²) in [5.74, 6) is -3.39. The standard InChI is InChI=1S/C70H94F2N10O12/c1-44(79(9)67(90)93-69(3,4)5)62(86)77-54(65(88)81-36-18-22-56(81)48-38-50(42-73-40-48)60(84)46-26-30-52(71)31-27-46)20-14-16-34-75-59(83)25-13-11-12-24-58-64(92-58)76-35-17-15-21-55(78-63(87)45(2)80(10)68(91)94-70(6,7)8)66(89)82-37-19-23-57(82)49-39-51(43-74-41-49)61(85)47-28-32-53(72)33-29-47/h26-33,38-45,54-58,64,76H,11-25,34-37H2,1-10H3,(H,75,83)(H,77,86)(H,78,87). The number of epoxide rings is 1. The van der Waals surface area contributed by atoms with Crippen molar-refractivity contribution in [2.75, 3.05) is 40.3 Å². The lowest BCUT2D eigenvalue weighted by atomic mass is 9.99. The first-order chi connectivity index (χ1) is 44.6. The van der Waals surface area contributed by atoms with Gasteiger partial charge in [-0.3, -0.25) is 58.6 Å². The summed E-state index contributed by atoms with van der Waals surface area (Å²) in [5.41, 5.74) is 0.903. The number of amides is 7. The molecule has 0 radical (unpaired) electrons. The maximum Gasteiger partial charge on any atom is 0.410 e. The third-order valence-electron chi connectivity index (χ3n) is 17.1. The zero-order valence-electron chi connectivity index (χ0n) is 56.0. The molecule has 510 valence electrons. The lowest BCUT2D eigenvalue weighted by molar-refractivity contribution is -0.138. The summed E-state index contributed by atoms with van der Waals surface area (Å²) in [6.07, 6.45) is 13.5. The maximum absolute atomic E-state index is 14.6. The van der Waals surface area contributed by atoms with E-state index in [2.05, 4.69) is 31.2 Å². The number of likely N-dealkylation sites (tertiary alicyclic amines) is 2. The minimum Gasteiger partial charge on any atom is -0.444 e. The highest BCUT2D eigenvalue weighted by molar-refractivity contribution is 6.09. The number of benzene rings is 2. The highest BCUT2D eigenvalue weighted by atomic mass is 19.1. The molecular weight excluding hydrogens is 1210 g/mol. The normalized spacial score (nSPS) is 18.3. The second kappa shape index (κ2) is 33.7. The van der Waals surface area contributed by atoms with Gasteiger partial charge in [0.1, 0.15) is 53.2 Å². The number of nitrogens with one attached hydrogen (secondary N) is 4. The molecule has 3 fully saturated rings. The summed E-state index contributed by atoms with van der Waals surface area (Å²) in [6.45, 7) is 15.3. The number of hydrogen-bond acceptors (Lipinski definition) is 15. The number of nitrogens with zero attached hydrogens (tertiary/aromatic N) is 6. The van der Waals surface area contributed by atoms with Crippen LogP contribution in [0.1, 0.15) is 207 Å². The van der Waals surface area contributed by atoms with E-state index in [-0.39, 0.29) is 53.6 Å². The fraction of sp³-hybridized carbons (Fsp3) is 0.557. The Morgan fingerprint density at radius 1 is 0.585 bits per heavy atom. The van der Waals surface area contributed by atoms with Gasteiger partial charge < -0.3 is 40.0 Å². The molecule has 24 heteroatoms. The fourth-order valence-electron chi connectivity index (χ4n) is 11.5. The van der Waals surface area contributed by atoms with Gasteiger partial charge in [-0.2, -0.15) is 0 Å². The first-order valence-electron chi connectivity index (χ1n) is 32.9. The second-order valence-corrected chi connectivity index (χ2v) is 26.7. The Balaban J connectivity index is 0.841. The third kappa shape index (κ3) is 21.4. The molecule has 7 rings (SSSR count). The van der Waals surface area contributed by atoms with Crippen molar-refractivity contribution in [3.05, 3.63) is 130 Å². The highest BCUT2D eigenvalue weighted by Gasteiger charge is 2.40. The summed E-state index contributed by atoms with van der Waals surface area (Å²) < 4.78 is 44.2. The molecule has 94 heavy (non-hydrogen) atoms. The number of halogens is 2. The summed E-state index contributed by atoms with van der Waals surface area (Å²) in [4.78, 5) is 137. The Labute approximate surface area is 550 Å². The van der Waals surface area contributed by atoms with Crippen LogP contribution in [0.3, 0.4) is 0 Å². The zero-order chi connectivity index (χ0) is 68.4. The lowest BCUT2D eigenvalue weighted by Gasteiger charge is -2.32. The summed E-state index contributed by atoms with van der Waals surface area (Å²) in [6, 6.07) is 9.19. The number of aromatic nitrogens is 2. The highest BCUT2D eigenvalue weighted by Crippen LogP contribution is 2.35. The molecule has 0 saturated carbocycles. The molecule has 8 unspecified atom stereocenters. The van der Waals surface area contributed by atoms with E-state index in [1.165, 1.54) is 84.8 Å². The molecule has 5 heterocycles. The van der Waals surface area contributed by atoms with Crippen LogP contribution >= 0.6 is 0 Å². The van der Waals surface area contributed by atoms with Crippen LogP contribution in [0, 0.1) is 11.6 Å². The van der Waals surface area contributed by atoms with Crippen LogP contribution in [0.5, 0.6) is 0 Å². The maximum atomic E-state index is 14.6. The Kier molecular flexibility index (Phi) is 26.3. The number of ketones is 2. The average Bonchev–Trinajstić information content (AvgIpc) is 1.52. The minimum absolute atomic E-state index is 0.0239. The number of carbonyl (C=O) groups excluding carboxylic acids is 9. The van der Waals surface area contributed by atoms with Crippen molar-refractivity contribution in [2.45, 2.75) is 211 Å². The van der Waals surface area contributed by atoms with E-state index in [1.54, 1.807) is 89.7 Å². The number of ether oxygens (including phenoxy) is 3. The zero-order valence-corrected chi connectivity index (χ0v) is 56.0. The van der Waals surface area contributed by atoms with Crippen LogP contribution in [-0.2, 0) is 38.2 Å². The minimum atomic E-state index is -0.984. The third-order valence-corrected chi connectivity index (χ3v) is 17.1. The van der Waals surface area contributed by atoms with Gasteiger partial charge in [-0.25, -0.2) is 18.4 Å². The van der Waals surface area contributed by atoms with Crippen molar-refractivity contribution in [1.82, 2.24) is 50.8 Å². The second-order valence-electron chi connectivity index (χ2n) is 26.7. The van der Waals surface area contributed by atoms with Gasteiger partial charge in [0.2, 0.25) is 29.5 Å². The summed E-state index contributed by atoms with van der Waals surface area (Å²) >= 11 is 0. The van der Waals surface area contributed by atoms with Crippen molar-refractivity contribution in [1.29, 1.82) is 0 Å². The number of hydrogen-bond donors (Lipinski definition) is 4.